The highest BCUT2D eigenvalue weighted by Gasteiger charge is 2.09. The summed E-state index contributed by atoms with van der Waals surface area (Å²) in [4.78, 5) is 12.6. The van der Waals surface area contributed by atoms with Crippen molar-refractivity contribution in [1.29, 1.82) is 0 Å². The van der Waals surface area contributed by atoms with Crippen molar-refractivity contribution in [1.82, 2.24) is 24.2 Å². The molecule has 2 heterocycles. The minimum atomic E-state index is -3.52. The van der Waals surface area contributed by atoms with Gasteiger partial charge >= 0.3 is 0 Å². The highest BCUT2D eigenvalue weighted by molar-refractivity contribution is 7.92. The first kappa shape index (κ1) is 18.0. The first-order valence-corrected chi connectivity index (χ1v) is 9.61. The number of hydrogen-bond donors (Lipinski definition) is 1. The second kappa shape index (κ2) is 8.03. The summed E-state index contributed by atoms with van der Waals surface area (Å²) < 4.78 is 28.6. The number of benzene rings is 1. The van der Waals surface area contributed by atoms with E-state index in [1.165, 1.54) is 5.41 Å². The van der Waals surface area contributed by atoms with Crippen LogP contribution in [0.15, 0.2) is 60.5 Å². The van der Waals surface area contributed by atoms with Crippen molar-refractivity contribution in [2.24, 2.45) is 0 Å². The van der Waals surface area contributed by atoms with Gasteiger partial charge in [0.15, 0.2) is 11.6 Å². The molecule has 2 aromatic heterocycles. The fourth-order valence-electron chi connectivity index (χ4n) is 2.31. The van der Waals surface area contributed by atoms with E-state index in [1.54, 1.807) is 36.9 Å². The third-order valence-electron chi connectivity index (χ3n) is 3.65. The van der Waals surface area contributed by atoms with Gasteiger partial charge in [-0.3, -0.25) is 0 Å². The lowest BCUT2D eigenvalue weighted by atomic mass is 10.2. The molecule has 0 saturated heterocycles. The Morgan fingerprint density at radius 2 is 1.81 bits per heavy atom. The lowest BCUT2D eigenvalue weighted by molar-refractivity contribution is 0.582. The molecular weight excluding hydrogens is 350 g/mol. The molecule has 0 spiro atoms. The van der Waals surface area contributed by atoms with Crippen LogP contribution in [0.25, 0.3) is 17.7 Å². The monoisotopic (exact) mass is 369 g/mol. The van der Waals surface area contributed by atoms with Crippen molar-refractivity contribution in [2.75, 3.05) is 6.54 Å². The van der Waals surface area contributed by atoms with Crippen LogP contribution in [0.4, 0.5) is 0 Å². The van der Waals surface area contributed by atoms with Gasteiger partial charge in [-0.25, -0.2) is 28.1 Å². The number of rotatable bonds is 7. The van der Waals surface area contributed by atoms with E-state index in [-0.39, 0.29) is 6.54 Å². The van der Waals surface area contributed by atoms with Crippen LogP contribution >= 0.6 is 0 Å². The molecule has 0 radical (unpaired) electrons. The van der Waals surface area contributed by atoms with Crippen LogP contribution in [0.5, 0.6) is 0 Å². The first-order chi connectivity index (χ1) is 12.5. The molecule has 1 N–H and O–H groups in total. The van der Waals surface area contributed by atoms with Gasteiger partial charge in [-0.15, -0.1) is 0 Å². The summed E-state index contributed by atoms with van der Waals surface area (Å²) in [5.74, 6) is 1.10. The molecule has 134 valence electrons. The van der Waals surface area contributed by atoms with Crippen molar-refractivity contribution in [2.45, 2.75) is 13.5 Å². The zero-order valence-corrected chi connectivity index (χ0v) is 15.1. The fraction of sp³-hybridized carbons (Fsp3) is 0.167. The predicted molar refractivity (Wildman–Crippen MR) is 100 cm³/mol. The van der Waals surface area contributed by atoms with Gasteiger partial charge in [0.1, 0.15) is 0 Å². The zero-order valence-electron chi connectivity index (χ0n) is 14.3. The van der Waals surface area contributed by atoms with E-state index < -0.39 is 10.0 Å². The van der Waals surface area contributed by atoms with Crippen LogP contribution in [0.1, 0.15) is 11.1 Å². The van der Waals surface area contributed by atoms with Gasteiger partial charge in [0.2, 0.25) is 10.0 Å². The Labute approximate surface area is 152 Å². The molecule has 1 aromatic carbocycles. The summed E-state index contributed by atoms with van der Waals surface area (Å²) in [6, 6.07) is 9.35. The van der Waals surface area contributed by atoms with E-state index in [2.05, 4.69) is 19.7 Å². The molecule has 8 heteroatoms. The third-order valence-corrected chi connectivity index (χ3v) is 4.76. The summed E-state index contributed by atoms with van der Waals surface area (Å²) in [5, 5.41) is 1.17. The normalized spacial score (nSPS) is 11.9. The Balaban J connectivity index is 1.59. The lowest BCUT2D eigenvalue weighted by Gasteiger charge is -2.07. The van der Waals surface area contributed by atoms with Gasteiger partial charge in [-0.05, 0) is 24.6 Å². The summed E-state index contributed by atoms with van der Waals surface area (Å²) in [5.41, 5.74) is 1.96. The van der Waals surface area contributed by atoms with Crippen LogP contribution in [0.3, 0.4) is 0 Å². The molecule has 26 heavy (non-hydrogen) atoms. The van der Waals surface area contributed by atoms with Gasteiger partial charge in [0.25, 0.3) is 0 Å². The number of imidazole rings is 1. The van der Waals surface area contributed by atoms with Crippen molar-refractivity contribution in [3.05, 3.63) is 71.7 Å². The molecular formula is C18H19N5O2S. The maximum atomic E-state index is 12.1. The standard InChI is InChI=1S/C18H19N5O2S/c1-15-3-5-16(6-4-15)7-14-26(24,25)22-11-13-23-12-10-21-18(23)17-19-8-2-9-20-17/h2-10,12,14,22H,11,13H2,1H3/b14-7+. The third kappa shape index (κ3) is 4.84. The van der Waals surface area contributed by atoms with Crippen molar-refractivity contribution < 1.29 is 8.42 Å². The van der Waals surface area contributed by atoms with Crippen LogP contribution in [0.2, 0.25) is 0 Å². The maximum absolute atomic E-state index is 12.1. The molecule has 0 aliphatic heterocycles. The van der Waals surface area contributed by atoms with Crippen LogP contribution in [-0.4, -0.2) is 34.5 Å². The Kier molecular flexibility index (Phi) is 5.55. The number of nitrogens with zero attached hydrogens (tertiary/aromatic N) is 4. The highest BCUT2D eigenvalue weighted by atomic mass is 32.2. The Hall–Kier alpha value is -2.84. The largest absolute Gasteiger partial charge is 0.327 e. The molecule has 7 nitrogen and oxygen atoms in total. The molecule has 0 unspecified atom stereocenters. The average molecular weight is 369 g/mol. The lowest BCUT2D eigenvalue weighted by Crippen LogP contribution is -2.25. The summed E-state index contributed by atoms with van der Waals surface area (Å²) in [7, 11) is -3.52. The van der Waals surface area contributed by atoms with E-state index in [0.29, 0.717) is 18.2 Å². The first-order valence-electron chi connectivity index (χ1n) is 8.06. The molecule has 0 saturated carbocycles. The van der Waals surface area contributed by atoms with Crippen LogP contribution < -0.4 is 4.72 Å². The molecule has 0 amide bonds. The molecule has 0 atom stereocenters. The van der Waals surface area contributed by atoms with E-state index in [1.807, 2.05) is 35.8 Å². The molecule has 3 aromatic rings. The molecule has 0 bridgehead atoms. The molecule has 0 aliphatic rings. The predicted octanol–water partition coefficient (Wildman–Crippen LogP) is 2.24. The van der Waals surface area contributed by atoms with Gasteiger partial charge in [-0.1, -0.05) is 29.8 Å². The fourth-order valence-corrected chi connectivity index (χ4v) is 3.12. The smallest absolute Gasteiger partial charge is 0.233 e. The summed E-state index contributed by atoms with van der Waals surface area (Å²) in [6.45, 7) is 2.64. The number of sulfonamides is 1. The van der Waals surface area contributed by atoms with Gasteiger partial charge in [-0.2, -0.15) is 0 Å². The highest BCUT2D eigenvalue weighted by Crippen LogP contribution is 2.11. The van der Waals surface area contributed by atoms with Gasteiger partial charge in [0, 0.05) is 43.3 Å². The van der Waals surface area contributed by atoms with Crippen molar-refractivity contribution >= 4 is 16.1 Å². The quantitative estimate of drug-likeness (QED) is 0.690. The topological polar surface area (TPSA) is 89.8 Å². The Morgan fingerprint density at radius 3 is 2.54 bits per heavy atom. The summed E-state index contributed by atoms with van der Waals surface area (Å²) in [6.07, 6.45) is 8.25. The molecule has 0 aliphatic carbocycles. The second-order valence-corrected chi connectivity index (χ2v) is 7.32. The Morgan fingerprint density at radius 1 is 1.08 bits per heavy atom. The van der Waals surface area contributed by atoms with Crippen LogP contribution in [0, 0.1) is 6.92 Å². The number of hydrogen-bond acceptors (Lipinski definition) is 5. The minimum absolute atomic E-state index is 0.233. The second-order valence-electron chi connectivity index (χ2n) is 5.67. The van der Waals surface area contributed by atoms with E-state index in [0.717, 1.165) is 11.1 Å². The average Bonchev–Trinajstić information content (AvgIpc) is 3.10. The molecule has 0 fully saturated rings. The Bertz CT molecular complexity index is 980. The minimum Gasteiger partial charge on any atom is -0.327 e. The van der Waals surface area contributed by atoms with E-state index >= 15 is 0 Å². The summed E-state index contributed by atoms with van der Waals surface area (Å²) >= 11 is 0. The van der Waals surface area contributed by atoms with E-state index in [9.17, 15) is 8.42 Å². The maximum Gasteiger partial charge on any atom is 0.233 e. The van der Waals surface area contributed by atoms with Crippen molar-refractivity contribution in [3.63, 3.8) is 0 Å². The number of aryl methyl sites for hydroxylation is 1. The number of nitrogens with one attached hydrogen (secondary N) is 1. The van der Waals surface area contributed by atoms with Gasteiger partial charge < -0.3 is 4.57 Å². The van der Waals surface area contributed by atoms with Crippen LogP contribution in [-0.2, 0) is 16.6 Å². The van der Waals surface area contributed by atoms with Gasteiger partial charge in [0.05, 0.1) is 0 Å². The SMILES string of the molecule is Cc1ccc(/C=C/S(=O)(=O)NCCn2ccnc2-c2ncccn2)cc1. The van der Waals surface area contributed by atoms with Crippen molar-refractivity contribution in [3.8, 4) is 11.6 Å². The van der Waals surface area contributed by atoms with E-state index in [4.69, 9.17) is 0 Å². The zero-order chi connectivity index (χ0) is 18.4. The number of aromatic nitrogens is 4. The molecule has 3 rings (SSSR count).